The van der Waals surface area contributed by atoms with Crippen LogP contribution in [0, 0.1) is 34.5 Å². The molecule has 0 heterocycles. The molecule has 0 bridgehead atoms. The molecule has 2 aliphatic carbocycles. The Bertz CT molecular complexity index is 326. The quantitative estimate of drug-likeness (QED) is 0.494. The Hall–Kier alpha value is 0. The van der Waals surface area contributed by atoms with Crippen molar-refractivity contribution in [3.8, 4) is 0 Å². The molecule has 0 aliphatic heterocycles. The summed E-state index contributed by atoms with van der Waals surface area (Å²) in [6, 6.07) is 0. The van der Waals surface area contributed by atoms with Gasteiger partial charge in [-0.25, -0.2) is 0 Å². The molecule has 2 rings (SSSR count). The monoisotopic (exact) mass is 306 g/mol. The Kier molecular flexibility index (Phi) is 6.06. The number of rotatable bonds is 5. The Morgan fingerprint density at radius 3 is 1.45 bits per heavy atom. The molecule has 0 spiro atoms. The lowest BCUT2D eigenvalue weighted by atomic mass is 9.55. The van der Waals surface area contributed by atoms with Crippen molar-refractivity contribution in [3.63, 3.8) is 0 Å². The molecule has 1 unspecified atom stereocenters. The van der Waals surface area contributed by atoms with Crippen LogP contribution in [0.2, 0.25) is 0 Å². The van der Waals surface area contributed by atoms with E-state index in [9.17, 15) is 0 Å². The second-order valence-electron chi connectivity index (χ2n) is 9.71. The lowest BCUT2D eigenvalue weighted by Gasteiger charge is -2.50. The van der Waals surface area contributed by atoms with Gasteiger partial charge in [-0.1, -0.05) is 67.2 Å². The van der Waals surface area contributed by atoms with Gasteiger partial charge in [0.1, 0.15) is 0 Å². The van der Waals surface area contributed by atoms with E-state index in [1.54, 1.807) is 0 Å². The Morgan fingerprint density at radius 2 is 1.05 bits per heavy atom. The van der Waals surface area contributed by atoms with E-state index >= 15 is 0 Å². The molecule has 0 saturated heterocycles. The third-order valence-electron chi connectivity index (χ3n) is 8.39. The van der Waals surface area contributed by atoms with Crippen LogP contribution in [-0.4, -0.2) is 0 Å². The Balaban J connectivity index is 1.98. The first-order valence-electron chi connectivity index (χ1n) is 10.3. The summed E-state index contributed by atoms with van der Waals surface area (Å²) >= 11 is 0. The molecule has 0 nitrogen and oxygen atoms in total. The summed E-state index contributed by atoms with van der Waals surface area (Å²) < 4.78 is 0. The Morgan fingerprint density at radius 1 is 0.636 bits per heavy atom. The molecular formula is C22H42. The molecule has 2 saturated carbocycles. The average Bonchev–Trinajstić information content (AvgIpc) is 2.55. The van der Waals surface area contributed by atoms with E-state index in [-0.39, 0.29) is 0 Å². The minimum Gasteiger partial charge on any atom is -0.0649 e. The highest BCUT2D eigenvalue weighted by Crippen LogP contribution is 2.53. The summed E-state index contributed by atoms with van der Waals surface area (Å²) in [5.41, 5.74) is 1.19. The summed E-state index contributed by atoms with van der Waals surface area (Å²) in [5, 5.41) is 0. The molecule has 22 heavy (non-hydrogen) atoms. The second kappa shape index (κ2) is 7.27. The van der Waals surface area contributed by atoms with Crippen LogP contribution in [0.5, 0.6) is 0 Å². The van der Waals surface area contributed by atoms with Gasteiger partial charge in [-0.05, 0) is 73.0 Å². The van der Waals surface area contributed by atoms with E-state index < -0.39 is 0 Å². The zero-order chi connectivity index (χ0) is 16.4. The summed E-state index contributed by atoms with van der Waals surface area (Å²) in [4.78, 5) is 0. The van der Waals surface area contributed by atoms with Gasteiger partial charge in [0.25, 0.3) is 0 Å². The van der Waals surface area contributed by atoms with E-state index in [0.29, 0.717) is 10.8 Å². The molecule has 2 aliphatic rings. The predicted molar refractivity (Wildman–Crippen MR) is 99.0 cm³/mol. The highest BCUT2D eigenvalue weighted by molar-refractivity contribution is 4.93. The normalized spacial score (nSPS) is 36.8. The van der Waals surface area contributed by atoms with Gasteiger partial charge in [-0.2, -0.15) is 0 Å². The van der Waals surface area contributed by atoms with Gasteiger partial charge < -0.3 is 0 Å². The standard InChI is InChI=1S/C22H42/c1-7-21(4,5)18-13-15-20(16-14-18)22(6,8-2)19-11-9-17(3)10-12-19/h17-20H,7-16H2,1-6H3. The molecular weight excluding hydrogens is 264 g/mol. The predicted octanol–water partition coefficient (Wildman–Crippen LogP) is 7.47. The van der Waals surface area contributed by atoms with Crippen LogP contribution in [0.4, 0.5) is 0 Å². The van der Waals surface area contributed by atoms with Crippen LogP contribution >= 0.6 is 0 Å². The summed E-state index contributed by atoms with van der Waals surface area (Å²) in [6.45, 7) is 15.0. The van der Waals surface area contributed by atoms with Gasteiger partial charge in [0.15, 0.2) is 0 Å². The van der Waals surface area contributed by atoms with Crippen molar-refractivity contribution in [1.82, 2.24) is 0 Å². The van der Waals surface area contributed by atoms with Gasteiger partial charge in [0.05, 0.1) is 0 Å². The maximum absolute atomic E-state index is 2.66. The van der Waals surface area contributed by atoms with Crippen LogP contribution in [0.25, 0.3) is 0 Å². The first-order valence-corrected chi connectivity index (χ1v) is 10.3. The van der Waals surface area contributed by atoms with Crippen molar-refractivity contribution in [2.24, 2.45) is 34.5 Å². The largest absolute Gasteiger partial charge is 0.0649 e. The van der Waals surface area contributed by atoms with E-state index in [1.807, 2.05) is 0 Å². The first kappa shape index (κ1) is 18.3. The fourth-order valence-electron chi connectivity index (χ4n) is 5.65. The van der Waals surface area contributed by atoms with Crippen molar-refractivity contribution in [2.45, 2.75) is 106 Å². The summed E-state index contributed by atoms with van der Waals surface area (Å²) in [7, 11) is 0. The van der Waals surface area contributed by atoms with Crippen LogP contribution < -0.4 is 0 Å². The molecule has 0 radical (unpaired) electrons. The van der Waals surface area contributed by atoms with Crippen molar-refractivity contribution in [2.75, 3.05) is 0 Å². The molecule has 0 aromatic carbocycles. The van der Waals surface area contributed by atoms with E-state index in [1.165, 1.54) is 64.2 Å². The highest BCUT2D eigenvalue weighted by atomic mass is 14.5. The van der Waals surface area contributed by atoms with Crippen molar-refractivity contribution in [1.29, 1.82) is 0 Å². The number of hydrogen-bond acceptors (Lipinski definition) is 0. The van der Waals surface area contributed by atoms with Crippen molar-refractivity contribution in [3.05, 3.63) is 0 Å². The second-order valence-corrected chi connectivity index (χ2v) is 9.71. The third-order valence-corrected chi connectivity index (χ3v) is 8.39. The van der Waals surface area contributed by atoms with Crippen LogP contribution in [0.15, 0.2) is 0 Å². The van der Waals surface area contributed by atoms with Crippen molar-refractivity contribution >= 4 is 0 Å². The fourth-order valence-corrected chi connectivity index (χ4v) is 5.65. The SMILES string of the molecule is CCC(C)(C)C1CCC(C(C)(CC)C2CCC(C)CC2)CC1. The molecule has 0 aromatic rings. The summed E-state index contributed by atoms with van der Waals surface area (Å²) in [5.74, 6) is 3.97. The maximum Gasteiger partial charge on any atom is -0.0272 e. The van der Waals surface area contributed by atoms with Crippen LogP contribution in [0.1, 0.15) is 106 Å². The van der Waals surface area contributed by atoms with Gasteiger partial charge >= 0.3 is 0 Å². The fraction of sp³-hybridized carbons (Fsp3) is 1.00. The lowest BCUT2D eigenvalue weighted by molar-refractivity contribution is 0.00507. The topological polar surface area (TPSA) is 0 Å². The van der Waals surface area contributed by atoms with E-state index in [0.717, 1.165) is 23.7 Å². The third kappa shape index (κ3) is 3.73. The zero-order valence-electron chi connectivity index (χ0n) is 16.4. The van der Waals surface area contributed by atoms with E-state index in [4.69, 9.17) is 0 Å². The van der Waals surface area contributed by atoms with Gasteiger partial charge in [-0.15, -0.1) is 0 Å². The van der Waals surface area contributed by atoms with Crippen molar-refractivity contribution < 1.29 is 0 Å². The van der Waals surface area contributed by atoms with Gasteiger partial charge in [-0.3, -0.25) is 0 Å². The van der Waals surface area contributed by atoms with Gasteiger partial charge in [0, 0.05) is 0 Å². The lowest BCUT2D eigenvalue weighted by Crippen LogP contribution is -2.40. The van der Waals surface area contributed by atoms with Crippen LogP contribution in [0.3, 0.4) is 0 Å². The minimum absolute atomic E-state index is 0.563. The number of hydrogen-bond donors (Lipinski definition) is 0. The minimum atomic E-state index is 0.563. The molecule has 0 aromatic heterocycles. The smallest absolute Gasteiger partial charge is 0.0272 e. The summed E-state index contributed by atoms with van der Waals surface area (Å²) in [6.07, 6.45) is 14.7. The first-order chi connectivity index (χ1) is 10.3. The van der Waals surface area contributed by atoms with E-state index in [2.05, 4.69) is 41.5 Å². The molecule has 0 N–H and O–H groups in total. The Labute approximate surface area is 140 Å². The van der Waals surface area contributed by atoms with Gasteiger partial charge in [0.2, 0.25) is 0 Å². The zero-order valence-corrected chi connectivity index (χ0v) is 16.4. The van der Waals surface area contributed by atoms with Crippen LogP contribution in [-0.2, 0) is 0 Å². The average molecular weight is 307 g/mol. The highest BCUT2D eigenvalue weighted by Gasteiger charge is 2.43. The molecule has 0 amide bonds. The molecule has 130 valence electrons. The maximum atomic E-state index is 2.66. The molecule has 1 atom stereocenters. The molecule has 2 fully saturated rings. The molecule has 0 heteroatoms.